The Hall–Kier alpha value is -2.62. The van der Waals surface area contributed by atoms with E-state index in [9.17, 15) is 4.79 Å². The molecule has 1 aromatic carbocycles. The van der Waals surface area contributed by atoms with Crippen LogP contribution >= 0.6 is 22.7 Å². The van der Waals surface area contributed by atoms with Gasteiger partial charge in [0.1, 0.15) is 0 Å². The van der Waals surface area contributed by atoms with Crippen LogP contribution < -0.4 is 5.32 Å². The van der Waals surface area contributed by atoms with Crippen LogP contribution in [0.4, 0.5) is 5.13 Å². The van der Waals surface area contributed by atoms with Gasteiger partial charge in [-0.05, 0) is 36.1 Å². The molecule has 3 aromatic heterocycles. The number of thiazole rings is 1. The number of benzene rings is 1. The summed E-state index contributed by atoms with van der Waals surface area (Å²) in [5.41, 5.74) is 2.09. The van der Waals surface area contributed by atoms with E-state index in [2.05, 4.69) is 31.4 Å². The molecule has 1 amide bonds. The highest BCUT2D eigenvalue weighted by molar-refractivity contribution is 7.22. The highest BCUT2D eigenvalue weighted by atomic mass is 32.1. The first-order chi connectivity index (χ1) is 13.6. The van der Waals surface area contributed by atoms with Crippen molar-refractivity contribution in [2.24, 2.45) is 0 Å². The minimum absolute atomic E-state index is 0.0565. The van der Waals surface area contributed by atoms with Crippen LogP contribution in [0.15, 0.2) is 40.2 Å². The molecule has 1 aliphatic rings. The highest BCUT2D eigenvalue weighted by Crippen LogP contribution is 2.29. The molecule has 0 unspecified atom stereocenters. The molecule has 1 saturated heterocycles. The predicted octanol–water partition coefficient (Wildman–Crippen LogP) is 3.75. The van der Waals surface area contributed by atoms with E-state index in [1.807, 2.05) is 36.6 Å². The number of hydrogen-bond donors (Lipinski definition) is 1. The maximum absolute atomic E-state index is 12.3. The Morgan fingerprint density at radius 2 is 2.21 bits per heavy atom. The fraction of sp³-hybridized carbons (Fsp3) is 0.263. The van der Waals surface area contributed by atoms with Gasteiger partial charge >= 0.3 is 0 Å². The van der Waals surface area contributed by atoms with E-state index in [1.54, 1.807) is 11.3 Å². The fourth-order valence-corrected chi connectivity index (χ4v) is 4.84. The van der Waals surface area contributed by atoms with Crippen LogP contribution in [0.5, 0.6) is 0 Å². The first kappa shape index (κ1) is 17.5. The number of thiophene rings is 1. The molecule has 5 rings (SSSR count). The molecule has 0 spiro atoms. The Labute approximate surface area is 169 Å². The van der Waals surface area contributed by atoms with Gasteiger partial charge in [0, 0.05) is 13.1 Å². The first-order valence-electron chi connectivity index (χ1n) is 8.91. The zero-order valence-corrected chi connectivity index (χ0v) is 16.7. The van der Waals surface area contributed by atoms with Crippen molar-refractivity contribution in [2.75, 3.05) is 25.0 Å². The normalized spacial score (nSPS) is 15.0. The third-order valence-electron chi connectivity index (χ3n) is 4.65. The summed E-state index contributed by atoms with van der Waals surface area (Å²) in [4.78, 5) is 24.3. The topological polar surface area (TPSA) is 84.2 Å². The summed E-state index contributed by atoms with van der Waals surface area (Å²) in [6.45, 7) is 3.85. The molecule has 0 bridgehead atoms. The summed E-state index contributed by atoms with van der Waals surface area (Å²) in [5, 5.41) is 9.58. The number of nitrogens with zero attached hydrogens (tertiary/aromatic N) is 4. The van der Waals surface area contributed by atoms with Crippen LogP contribution in [0.3, 0.4) is 0 Å². The highest BCUT2D eigenvalue weighted by Gasteiger charge is 2.33. The monoisotopic (exact) mass is 411 g/mol. The Morgan fingerprint density at radius 3 is 3.04 bits per heavy atom. The number of aryl methyl sites for hydroxylation is 1. The molecule has 1 N–H and O–H groups in total. The van der Waals surface area contributed by atoms with Crippen LogP contribution in [0, 0.1) is 6.92 Å². The Balaban J connectivity index is 1.15. The quantitative estimate of drug-likeness (QED) is 0.538. The minimum atomic E-state index is -0.0565. The molecule has 0 radical (unpaired) electrons. The molecule has 9 heteroatoms. The molecule has 1 fully saturated rings. The Kier molecular flexibility index (Phi) is 4.42. The molecular formula is C19H17N5O2S2. The van der Waals surface area contributed by atoms with Gasteiger partial charge in [-0.3, -0.25) is 9.69 Å². The van der Waals surface area contributed by atoms with Gasteiger partial charge in [0.05, 0.1) is 27.6 Å². The van der Waals surface area contributed by atoms with E-state index in [1.165, 1.54) is 16.9 Å². The number of fused-ring (bicyclic) bond motifs is 1. The molecule has 0 atom stereocenters. The lowest BCUT2D eigenvalue weighted by Gasteiger charge is -2.36. The van der Waals surface area contributed by atoms with Gasteiger partial charge in [-0.2, -0.15) is 4.98 Å². The third kappa shape index (κ3) is 3.44. The van der Waals surface area contributed by atoms with E-state index in [0.29, 0.717) is 23.4 Å². The van der Waals surface area contributed by atoms with Crippen LogP contribution in [0.1, 0.15) is 17.4 Å². The minimum Gasteiger partial charge on any atom is -0.339 e. The molecule has 4 aromatic rings. The number of hydrogen-bond acceptors (Lipinski definition) is 8. The van der Waals surface area contributed by atoms with Crippen molar-refractivity contribution in [1.29, 1.82) is 0 Å². The lowest BCUT2D eigenvalue weighted by atomic mass is 10.0. The summed E-state index contributed by atoms with van der Waals surface area (Å²) in [6.07, 6.45) is 0. The molecule has 0 saturated carbocycles. The van der Waals surface area contributed by atoms with Gasteiger partial charge in [0.2, 0.25) is 17.6 Å². The lowest BCUT2D eigenvalue weighted by Crippen LogP contribution is -2.48. The number of nitrogens with one attached hydrogen (secondary N) is 1. The van der Waals surface area contributed by atoms with Gasteiger partial charge in [-0.15, -0.1) is 11.3 Å². The van der Waals surface area contributed by atoms with E-state index >= 15 is 0 Å². The summed E-state index contributed by atoms with van der Waals surface area (Å²) in [5.74, 6) is 1.40. The largest absolute Gasteiger partial charge is 0.339 e. The summed E-state index contributed by atoms with van der Waals surface area (Å²) < 4.78 is 6.48. The second-order valence-electron chi connectivity index (χ2n) is 6.86. The van der Waals surface area contributed by atoms with Crippen LogP contribution in [-0.4, -0.2) is 45.6 Å². The van der Waals surface area contributed by atoms with E-state index in [0.717, 1.165) is 28.2 Å². The average Bonchev–Trinajstić information content (AvgIpc) is 3.36. The number of rotatable bonds is 5. The van der Waals surface area contributed by atoms with Gasteiger partial charge < -0.3 is 9.84 Å². The summed E-state index contributed by atoms with van der Waals surface area (Å²) in [6, 6.07) is 10.0. The molecule has 28 heavy (non-hydrogen) atoms. The second kappa shape index (κ2) is 7.08. The lowest BCUT2D eigenvalue weighted by molar-refractivity contribution is -0.118. The molecule has 4 heterocycles. The maximum Gasteiger partial charge on any atom is 0.240 e. The SMILES string of the molecule is Cc1ccc2nc(NC(=O)CN3CC(c4nc(-c5cccs5)no4)C3)sc2c1. The van der Waals surface area contributed by atoms with Crippen molar-refractivity contribution < 1.29 is 9.32 Å². The standard InChI is InChI=1S/C19H17N5O2S2/c1-11-4-5-13-15(7-11)28-19(20-13)21-16(25)10-24-8-12(9-24)18-22-17(23-26-18)14-3-2-6-27-14/h2-7,12H,8-10H2,1H3,(H,20,21,25). The number of carbonyl (C=O) groups excluding carboxylic acids is 1. The molecule has 142 valence electrons. The molecule has 1 aliphatic heterocycles. The zero-order chi connectivity index (χ0) is 19.1. The predicted molar refractivity (Wildman–Crippen MR) is 110 cm³/mol. The van der Waals surface area contributed by atoms with Crippen LogP contribution in [0.25, 0.3) is 20.9 Å². The maximum atomic E-state index is 12.3. The van der Waals surface area contributed by atoms with Gasteiger partial charge in [-0.1, -0.05) is 28.6 Å². The van der Waals surface area contributed by atoms with Crippen LogP contribution in [0.2, 0.25) is 0 Å². The van der Waals surface area contributed by atoms with Crippen molar-refractivity contribution in [3.8, 4) is 10.7 Å². The van der Waals surface area contributed by atoms with Crippen molar-refractivity contribution in [2.45, 2.75) is 12.8 Å². The fourth-order valence-electron chi connectivity index (χ4n) is 3.21. The summed E-state index contributed by atoms with van der Waals surface area (Å²) in [7, 11) is 0. The van der Waals surface area contributed by atoms with Crippen LogP contribution in [-0.2, 0) is 4.79 Å². The first-order valence-corrected chi connectivity index (χ1v) is 10.6. The van der Waals surface area contributed by atoms with Crippen molar-refractivity contribution in [1.82, 2.24) is 20.0 Å². The number of likely N-dealkylation sites (tertiary alicyclic amines) is 1. The smallest absolute Gasteiger partial charge is 0.240 e. The van der Waals surface area contributed by atoms with Crippen molar-refractivity contribution in [3.05, 3.63) is 47.2 Å². The Bertz CT molecular complexity index is 1130. The van der Waals surface area contributed by atoms with Gasteiger partial charge in [0.15, 0.2) is 5.13 Å². The van der Waals surface area contributed by atoms with Gasteiger partial charge in [0.25, 0.3) is 0 Å². The number of carbonyl (C=O) groups is 1. The summed E-state index contributed by atoms with van der Waals surface area (Å²) >= 11 is 3.08. The number of aromatic nitrogens is 3. The van der Waals surface area contributed by atoms with E-state index < -0.39 is 0 Å². The zero-order valence-electron chi connectivity index (χ0n) is 15.1. The second-order valence-corrected chi connectivity index (χ2v) is 8.84. The van der Waals surface area contributed by atoms with E-state index in [4.69, 9.17) is 4.52 Å². The number of anilines is 1. The molecular weight excluding hydrogens is 394 g/mol. The van der Waals surface area contributed by atoms with Gasteiger partial charge in [-0.25, -0.2) is 4.98 Å². The molecule has 7 nitrogen and oxygen atoms in total. The number of amides is 1. The van der Waals surface area contributed by atoms with Crippen molar-refractivity contribution >= 4 is 43.9 Å². The van der Waals surface area contributed by atoms with E-state index in [-0.39, 0.29) is 11.8 Å². The Morgan fingerprint density at radius 1 is 1.32 bits per heavy atom. The third-order valence-corrected chi connectivity index (χ3v) is 6.45. The van der Waals surface area contributed by atoms with Crippen molar-refractivity contribution in [3.63, 3.8) is 0 Å². The molecule has 0 aliphatic carbocycles. The average molecular weight is 412 g/mol.